The number of esters is 1. The zero-order chi connectivity index (χ0) is 21.8. The zero-order valence-corrected chi connectivity index (χ0v) is 18.2. The number of thiazole rings is 1. The van der Waals surface area contributed by atoms with Crippen molar-refractivity contribution < 1.29 is 14.3 Å². The predicted octanol–water partition coefficient (Wildman–Crippen LogP) is 5.90. The number of hydrogen-bond acceptors (Lipinski definition) is 5. The van der Waals surface area contributed by atoms with Crippen molar-refractivity contribution in [2.75, 3.05) is 4.90 Å². The van der Waals surface area contributed by atoms with Gasteiger partial charge in [0.05, 0.1) is 16.9 Å². The number of hydrogen-bond donors (Lipinski definition) is 0. The van der Waals surface area contributed by atoms with E-state index in [4.69, 9.17) is 4.74 Å². The number of carbonyl (C=O) groups is 2. The number of rotatable bonds is 6. The molecule has 0 aliphatic heterocycles. The van der Waals surface area contributed by atoms with E-state index in [1.807, 2.05) is 60.7 Å². The normalized spacial score (nSPS) is 10.8. The van der Waals surface area contributed by atoms with E-state index in [1.165, 1.54) is 23.8 Å². The molecule has 0 aliphatic rings. The number of ether oxygens (including phenoxy) is 1. The van der Waals surface area contributed by atoms with Crippen LogP contribution in [0.2, 0.25) is 0 Å². The number of aromatic nitrogens is 1. The molecule has 0 unspecified atom stereocenters. The minimum atomic E-state index is -0.404. The topological polar surface area (TPSA) is 59.5 Å². The summed E-state index contributed by atoms with van der Waals surface area (Å²) < 4.78 is 5.45. The van der Waals surface area contributed by atoms with Crippen molar-refractivity contribution in [1.29, 1.82) is 0 Å². The number of fused-ring (bicyclic) bond motifs is 1. The molecule has 156 valence electrons. The van der Waals surface area contributed by atoms with Gasteiger partial charge in [-0.1, -0.05) is 49.4 Å². The van der Waals surface area contributed by atoms with Crippen LogP contribution in [0.5, 0.6) is 0 Å². The van der Waals surface area contributed by atoms with Crippen molar-refractivity contribution in [1.82, 2.24) is 4.98 Å². The van der Waals surface area contributed by atoms with E-state index in [1.54, 1.807) is 16.3 Å². The molecular formula is C25H22N2O3S. The summed E-state index contributed by atoms with van der Waals surface area (Å²) in [5, 5.41) is 4.41. The van der Waals surface area contributed by atoms with Crippen molar-refractivity contribution in [3.63, 3.8) is 0 Å². The number of aryl methyl sites for hydroxylation is 1. The Labute approximate surface area is 184 Å². The van der Waals surface area contributed by atoms with Crippen molar-refractivity contribution >= 4 is 44.8 Å². The van der Waals surface area contributed by atoms with Gasteiger partial charge in [0.25, 0.3) is 0 Å². The minimum absolute atomic E-state index is 0.0443. The van der Waals surface area contributed by atoms with Crippen LogP contribution in [-0.4, -0.2) is 16.9 Å². The fourth-order valence-corrected chi connectivity index (χ4v) is 4.18. The van der Waals surface area contributed by atoms with Gasteiger partial charge in [0.2, 0.25) is 5.91 Å². The lowest BCUT2D eigenvalue weighted by Gasteiger charge is -2.18. The molecule has 31 heavy (non-hydrogen) atoms. The number of benzene rings is 3. The number of anilines is 2. The third-order valence-corrected chi connectivity index (χ3v) is 5.86. The molecule has 1 aromatic heterocycles. The largest absolute Gasteiger partial charge is 0.456 e. The van der Waals surface area contributed by atoms with Crippen LogP contribution >= 0.6 is 11.3 Å². The first-order valence-corrected chi connectivity index (χ1v) is 10.9. The Morgan fingerprint density at radius 3 is 2.45 bits per heavy atom. The monoisotopic (exact) mass is 430 g/mol. The maximum Gasteiger partial charge on any atom is 0.338 e. The molecule has 4 aromatic rings. The summed E-state index contributed by atoms with van der Waals surface area (Å²) in [7, 11) is 0. The van der Waals surface area contributed by atoms with Gasteiger partial charge in [0, 0.05) is 12.3 Å². The lowest BCUT2D eigenvalue weighted by atomic mass is 10.1. The SMILES string of the molecule is CCc1ccc(N(C(C)=O)c2nc(COC(=O)c3ccc4ccccc4c3)cs2)cc1. The third-order valence-electron chi connectivity index (χ3n) is 4.98. The fourth-order valence-electron chi connectivity index (χ4n) is 3.31. The molecule has 0 aliphatic carbocycles. The molecule has 0 saturated carbocycles. The standard InChI is InChI=1S/C25H22N2O3S/c1-3-18-8-12-23(13-9-18)27(17(2)28)25-26-22(16-31-25)15-30-24(29)21-11-10-19-6-4-5-7-20(19)14-21/h4-14,16H,3,15H2,1-2H3. The summed E-state index contributed by atoms with van der Waals surface area (Å²) >= 11 is 1.34. The molecule has 0 saturated heterocycles. The Balaban J connectivity index is 1.46. The van der Waals surface area contributed by atoms with E-state index in [0.717, 1.165) is 22.9 Å². The molecule has 0 N–H and O–H groups in total. The van der Waals surface area contributed by atoms with Crippen LogP contribution in [0, 0.1) is 0 Å². The fraction of sp³-hybridized carbons (Fsp3) is 0.160. The van der Waals surface area contributed by atoms with Crippen LogP contribution in [0.3, 0.4) is 0 Å². The van der Waals surface area contributed by atoms with E-state index in [2.05, 4.69) is 11.9 Å². The molecule has 1 amide bonds. The first kappa shape index (κ1) is 20.8. The van der Waals surface area contributed by atoms with Crippen molar-refractivity contribution in [2.45, 2.75) is 26.9 Å². The average Bonchev–Trinajstić information content (AvgIpc) is 3.25. The van der Waals surface area contributed by atoms with Crippen molar-refractivity contribution in [3.05, 3.63) is 88.9 Å². The Bertz CT molecular complexity index is 1230. The maximum absolute atomic E-state index is 12.5. The van der Waals surface area contributed by atoms with Crippen LogP contribution in [0.25, 0.3) is 10.8 Å². The molecule has 6 heteroatoms. The smallest absolute Gasteiger partial charge is 0.338 e. The Kier molecular flexibility index (Phi) is 6.09. The minimum Gasteiger partial charge on any atom is -0.456 e. The van der Waals surface area contributed by atoms with Crippen LogP contribution in [0.4, 0.5) is 10.8 Å². The quantitative estimate of drug-likeness (QED) is 0.357. The summed E-state index contributed by atoms with van der Waals surface area (Å²) in [5.74, 6) is -0.530. The van der Waals surface area contributed by atoms with Gasteiger partial charge in [-0.3, -0.25) is 9.69 Å². The van der Waals surface area contributed by atoms with Crippen LogP contribution in [0.15, 0.2) is 72.1 Å². The highest BCUT2D eigenvalue weighted by Gasteiger charge is 2.18. The summed E-state index contributed by atoms with van der Waals surface area (Å²) in [6.45, 7) is 3.64. The highest BCUT2D eigenvalue weighted by atomic mass is 32.1. The highest BCUT2D eigenvalue weighted by molar-refractivity contribution is 7.14. The number of nitrogens with zero attached hydrogens (tertiary/aromatic N) is 2. The highest BCUT2D eigenvalue weighted by Crippen LogP contribution is 2.29. The molecule has 0 fully saturated rings. The third kappa shape index (κ3) is 4.64. The summed E-state index contributed by atoms with van der Waals surface area (Å²) in [5.41, 5.74) is 3.06. The first-order chi connectivity index (χ1) is 15.0. The molecule has 0 radical (unpaired) electrons. The second-order valence-corrected chi connectivity index (χ2v) is 7.97. The Morgan fingerprint density at radius 2 is 1.74 bits per heavy atom. The van der Waals surface area contributed by atoms with Gasteiger partial charge in [-0.25, -0.2) is 9.78 Å². The van der Waals surface area contributed by atoms with Gasteiger partial charge in [0.1, 0.15) is 6.61 Å². The van der Waals surface area contributed by atoms with Crippen LogP contribution in [-0.2, 0) is 22.6 Å². The second-order valence-electron chi connectivity index (χ2n) is 7.13. The number of carbonyl (C=O) groups excluding carboxylic acids is 2. The summed E-state index contributed by atoms with van der Waals surface area (Å²) in [6, 6.07) is 21.2. The molecule has 5 nitrogen and oxygen atoms in total. The predicted molar refractivity (Wildman–Crippen MR) is 124 cm³/mol. The van der Waals surface area contributed by atoms with Gasteiger partial charge < -0.3 is 4.74 Å². The van der Waals surface area contributed by atoms with Gasteiger partial charge >= 0.3 is 5.97 Å². The van der Waals surface area contributed by atoms with Crippen LogP contribution in [0.1, 0.15) is 35.5 Å². The van der Waals surface area contributed by atoms with E-state index < -0.39 is 5.97 Å². The molecule has 0 spiro atoms. The van der Waals surface area contributed by atoms with Gasteiger partial charge in [-0.05, 0) is 47.0 Å². The molecule has 1 heterocycles. The Morgan fingerprint density at radius 1 is 1.00 bits per heavy atom. The molecule has 3 aromatic carbocycles. The van der Waals surface area contributed by atoms with Gasteiger partial charge in [-0.15, -0.1) is 11.3 Å². The van der Waals surface area contributed by atoms with E-state index in [0.29, 0.717) is 16.4 Å². The summed E-state index contributed by atoms with van der Waals surface area (Å²) in [4.78, 5) is 30.8. The van der Waals surface area contributed by atoms with E-state index in [9.17, 15) is 9.59 Å². The summed E-state index contributed by atoms with van der Waals surface area (Å²) in [6.07, 6.45) is 0.935. The lowest BCUT2D eigenvalue weighted by Crippen LogP contribution is -2.22. The molecule has 0 atom stereocenters. The molecule has 4 rings (SSSR count). The van der Waals surface area contributed by atoms with Gasteiger partial charge in [-0.2, -0.15) is 0 Å². The first-order valence-electron chi connectivity index (χ1n) is 10.0. The zero-order valence-electron chi connectivity index (χ0n) is 17.4. The number of amides is 1. The molecule has 0 bridgehead atoms. The van der Waals surface area contributed by atoms with E-state index in [-0.39, 0.29) is 12.5 Å². The molecular weight excluding hydrogens is 408 g/mol. The lowest BCUT2D eigenvalue weighted by molar-refractivity contribution is -0.115. The average molecular weight is 431 g/mol. The maximum atomic E-state index is 12.5. The Hall–Kier alpha value is -3.51. The van der Waals surface area contributed by atoms with Crippen molar-refractivity contribution in [2.24, 2.45) is 0 Å². The van der Waals surface area contributed by atoms with Crippen molar-refractivity contribution in [3.8, 4) is 0 Å². The van der Waals surface area contributed by atoms with Gasteiger partial charge in [0.15, 0.2) is 5.13 Å². The van der Waals surface area contributed by atoms with E-state index >= 15 is 0 Å². The second kappa shape index (κ2) is 9.10. The van der Waals surface area contributed by atoms with Crippen LogP contribution < -0.4 is 4.90 Å².